The number of nitrogens with one attached hydrogen (secondary N) is 1. The Hall–Kier alpha value is -0.450. The summed E-state index contributed by atoms with van der Waals surface area (Å²) in [5.41, 5.74) is 0.979. The van der Waals surface area contributed by atoms with E-state index in [0.717, 1.165) is 16.6 Å². The summed E-state index contributed by atoms with van der Waals surface area (Å²) in [6.45, 7) is 6.89. The van der Waals surface area contributed by atoms with Gasteiger partial charge in [-0.15, -0.1) is 0 Å². The van der Waals surface area contributed by atoms with Gasteiger partial charge in [-0.1, -0.05) is 0 Å². The van der Waals surface area contributed by atoms with Crippen LogP contribution in [0.2, 0.25) is 0 Å². The lowest BCUT2D eigenvalue weighted by Crippen LogP contribution is -2.36. The second kappa shape index (κ2) is 6.47. The lowest BCUT2D eigenvalue weighted by Gasteiger charge is -2.24. The summed E-state index contributed by atoms with van der Waals surface area (Å²) >= 11 is 3.38. The Morgan fingerprint density at radius 3 is 2.59 bits per heavy atom. The fourth-order valence-electron chi connectivity index (χ4n) is 1.37. The number of hydrogen-bond donors (Lipinski definition) is 1. The molecule has 0 aliphatic heterocycles. The van der Waals surface area contributed by atoms with Crippen LogP contribution < -0.4 is 5.32 Å². The third-order valence-electron chi connectivity index (χ3n) is 2.37. The summed E-state index contributed by atoms with van der Waals surface area (Å²) in [5, 5.41) is 3.26. The Kier molecular flexibility index (Phi) is 5.56. The van der Waals surface area contributed by atoms with Crippen LogP contribution in [-0.4, -0.2) is 30.3 Å². The maximum Gasteiger partial charge on any atom is 0.0630 e. The maximum atomic E-state index is 5.78. The standard InChI is InChI=1S/C13H21BrN2O/c1-13(2,3)17-9-12(15-4)7-11-6-5-10(14)8-16-11/h5-6,8,12,15H,7,9H2,1-4H3. The number of aromatic nitrogens is 1. The molecule has 4 heteroatoms. The van der Waals surface area contributed by atoms with Gasteiger partial charge in [0.25, 0.3) is 0 Å². The average molecular weight is 301 g/mol. The van der Waals surface area contributed by atoms with Gasteiger partial charge >= 0.3 is 0 Å². The van der Waals surface area contributed by atoms with Crippen molar-refractivity contribution >= 4 is 15.9 Å². The van der Waals surface area contributed by atoms with Crippen molar-refractivity contribution in [1.82, 2.24) is 10.3 Å². The van der Waals surface area contributed by atoms with Crippen LogP contribution >= 0.6 is 15.9 Å². The van der Waals surface area contributed by atoms with E-state index >= 15 is 0 Å². The van der Waals surface area contributed by atoms with Crippen LogP contribution in [0.25, 0.3) is 0 Å². The molecule has 0 aromatic carbocycles. The molecule has 0 saturated heterocycles. The highest BCUT2D eigenvalue weighted by molar-refractivity contribution is 9.10. The van der Waals surface area contributed by atoms with Crippen molar-refractivity contribution in [2.24, 2.45) is 0 Å². The van der Waals surface area contributed by atoms with Crippen LogP contribution in [0.15, 0.2) is 22.8 Å². The van der Waals surface area contributed by atoms with Crippen LogP contribution in [0.1, 0.15) is 26.5 Å². The number of likely N-dealkylation sites (N-methyl/N-ethyl adjacent to an activating group) is 1. The number of pyridine rings is 1. The number of nitrogens with zero attached hydrogens (tertiary/aromatic N) is 1. The molecule has 0 bridgehead atoms. The summed E-state index contributed by atoms with van der Waals surface area (Å²) in [5.74, 6) is 0. The van der Waals surface area contributed by atoms with Crippen molar-refractivity contribution < 1.29 is 4.74 Å². The van der Waals surface area contributed by atoms with Gasteiger partial charge in [-0.2, -0.15) is 0 Å². The molecular weight excluding hydrogens is 280 g/mol. The Morgan fingerprint density at radius 2 is 2.12 bits per heavy atom. The first-order valence-electron chi connectivity index (χ1n) is 5.82. The third kappa shape index (κ3) is 6.15. The van der Waals surface area contributed by atoms with Crippen LogP contribution in [0.3, 0.4) is 0 Å². The first-order valence-corrected chi connectivity index (χ1v) is 6.61. The average Bonchev–Trinajstić information content (AvgIpc) is 2.25. The molecule has 0 amide bonds. The maximum absolute atomic E-state index is 5.78. The molecule has 0 aliphatic rings. The van der Waals surface area contributed by atoms with Crippen LogP contribution in [0.4, 0.5) is 0 Å². The Bertz CT molecular complexity index is 332. The molecule has 1 aromatic heterocycles. The van der Waals surface area contributed by atoms with Gasteiger partial charge in [0.05, 0.1) is 12.2 Å². The second-order valence-electron chi connectivity index (χ2n) is 5.08. The van der Waals surface area contributed by atoms with Crippen molar-refractivity contribution in [1.29, 1.82) is 0 Å². The topological polar surface area (TPSA) is 34.1 Å². The fourth-order valence-corrected chi connectivity index (χ4v) is 1.61. The monoisotopic (exact) mass is 300 g/mol. The van der Waals surface area contributed by atoms with Crippen LogP contribution in [0.5, 0.6) is 0 Å². The van der Waals surface area contributed by atoms with E-state index < -0.39 is 0 Å². The number of rotatable bonds is 5. The molecule has 0 spiro atoms. The van der Waals surface area contributed by atoms with Crippen LogP contribution in [0, 0.1) is 0 Å². The van der Waals surface area contributed by atoms with Crippen molar-refractivity contribution in [2.75, 3.05) is 13.7 Å². The van der Waals surface area contributed by atoms with E-state index in [4.69, 9.17) is 4.74 Å². The van der Waals surface area contributed by atoms with Crippen LogP contribution in [-0.2, 0) is 11.2 Å². The summed E-state index contributed by atoms with van der Waals surface area (Å²) in [6, 6.07) is 4.34. The van der Waals surface area contributed by atoms with Gasteiger partial charge in [0, 0.05) is 28.8 Å². The van der Waals surface area contributed by atoms with E-state index in [9.17, 15) is 0 Å². The largest absolute Gasteiger partial charge is 0.374 e. The molecule has 0 radical (unpaired) electrons. The van der Waals surface area contributed by atoms with Gasteiger partial charge in [0.2, 0.25) is 0 Å². The summed E-state index contributed by atoms with van der Waals surface area (Å²) in [4.78, 5) is 4.37. The van der Waals surface area contributed by atoms with Crippen molar-refractivity contribution in [3.63, 3.8) is 0 Å². The zero-order valence-electron chi connectivity index (χ0n) is 11.0. The SMILES string of the molecule is CNC(COC(C)(C)C)Cc1ccc(Br)cn1. The molecular formula is C13H21BrN2O. The molecule has 1 heterocycles. The predicted octanol–water partition coefficient (Wildman–Crippen LogP) is 2.79. The normalized spacial score (nSPS) is 13.7. The molecule has 1 N–H and O–H groups in total. The Balaban J connectivity index is 2.49. The number of hydrogen-bond acceptors (Lipinski definition) is 3. The lowest BCUT2D eigenvalue weighted by atomic mass is 10.1. The van der Waals surface area contributed by atoms with Crippen molar-refractivity contribution in [3.8, 4) is 0 Å². The molecule has 0 saturated carbocycles. The molecule has 3 nitrogen and oxygen atoms in total. The third-order valence-corrected chi connectivity index (χ3v) is 2.84. The Labute approximate surface area is 112 Å². The van der Waals surface area contributed by atoms with Gasteiger partial charge in [0.1, 0.15) is 0 Å². The van der Waals surface area contributed by atoms with Gasteiger partial charge in [-0.3, -0.25) is 4.98 Å². The lowest BCUT2D eigenvalue weighted by molar-refractivity contribution is -0.0135. The van der Waals surface area contributed by atoms with Gasteiger partial charge < -0.3 is 10.1 Å². The second-order valence-corrected chi connectivity index (χ2v) is 6.00. The summed E-state index contributed by atoms with van der Waals surface area (Å²) in [7, 11) is 1.95. The molecule has 0 fully saturated rings. The number of halogens is 1. The van der Waals surface area contributed by atoms with E-state index in [1.807, 2.05) is 25.4 Å². The highest BCUT2D eigenvalue weighted by Gasteiger charge is 2.15. The molecule has 1 rings (SSSR count). The van der Waals surface area contributed by atoms with Gasteiger partial charge in [-0.25, -0.2) is 0 Å². The smallest absolute Gasteiger partial charge is 0.0630 e. The Morgan fingerprint density at radius 1 is 1.41 bits per heavy atom. The quantitative estimate of drug-likeness (QED) is 0.908. The van der Waals surface area contributed by atoms with E-state index in [-0.39, 0.29) is 5.60 Å². The molecule has 17 heavy (non-hydrogen) atoms. The zero-order chi connectivity index (χ0) is 12.9. The summed E-state index contributed by atoms with van der Waals surface area (Å²) in [6.07, 6.45) is 2.70. The molecule has 96 valence electrons. The van der Waals surface area contributed by atoms with Gasteiger partial charge in [-0.05, 0) is 55.9 Å². The first kappa shape index (κ1) is 14.6. The highest BCUT2D eigenvalue weighted by atomic mass is 79.9. The van der Waals surface area contributed by atoms with E-state index in [1.165, 1.54) is 0 Å². The predicted molar refractivity (Wildman–Crippen MR) is 74.2 cm³/mol. The highest BCUT2D eigenvalue weighted by Crippen LogP contribution is 2.11. The van der Waals surface area contributed by atoms with Crippen molar-refractivity contribution in [3.05, 3.63) is 28.5 Å². The van der Waals surface area contributed by atoms with E-state index in [2.05, 4.69) is 47.0 Å². The van der Waals surface area contributed by atoms with Gasteiger partial charge in [0.15, 0.2) is 0 Å². The zero-order valence-corrected chi connectivity index (χ0v) is 12.5. The minimum atomic E-state index is -0.0950. The molecule has 1 atom stereocenters. The molecule has 0 aliphatic carbocycles. The van der Waals surface area contributed by atoms with E-state index in [0.29, 0.717) is 12.6 Å². The minimum absolute atomic E-state index is 0.0950. The number of ether oxygens (including phenoxy) is 1. The molecule has 1 unspecified atom stereocenters. The summed E-state index contributed by atoms with van der Waals surface area (Å²) < 4.78 is 6.79. The van der Waals surface area contributed by atoms with E-state index in [1.54, 1.807) is 0 Å². The minimum Gasteiger partial charge on any atom is -0.374 e. The first-order chi connectivity index (χ1) is 7.90. The van der Waals surface area contributed by atoms with Crippen molar-refractivity contribution in [2.45, 2.75) is 38.8 Å². The molecule has 1 aromatic rings. The fraction of sp³-hybridized carbons (Fsp3) is 0.615.